The standard InChI is InChI=1S/C52H90O6/c1-4-7-10-13-16-19-22-25-26-28-30-33-36-39-42-45-51(54)57-48-49(47-56-50(53)44-41-38-35-32-29-24-21-18-15-12-9-6-3)58-52(55)46-43-40-37-34-31-27-23-20-17-14-11-8-5-2/h8,11,14,17,20,23,27,31,34,37,49H,4-7,9-10,12-13,15-16,18-19,21-22,24-26,28-30,32-33,35-36,38-48H2,1-3H3/b11-8-,17-14-,23-20-,31-27-,37-34-. The predicted octanol–water partition coefficient (Wildman–Crippen LogP) is 15.7. The van der Waals surface area contributed by atoms with E-state index in [1.165, 1.54) is 135 Å². The van der Waals surface area contributed by atoms with E-state index in [0.717, 1.165) is 51.4 Å². The number of hydrogen-bond acceptors (Lipinski definition) is 6. The topological polar surface area (TPSA) is 78.9 Å². The van der Waals surface area contributed by atoms with Crippen LogP contribution in [0.1, 0.15) is 233 Å². The van der Waals surface area contributed by atoms with Crippen molar-refractivity contribution in [3.05, 3.63) is 60.8 Å². The number of allylic oxidation sites excluding steroid dienone is 10. The maximum atomic E-state index is 12.7. The highest BCUT2D eigenvalue weighted by atomic mass is 16.6. The van der Waals surface area contributed by atoms with E-state index in [0.29, 0.717) is 19.3 Å². The second-order valence-corrected chi connectivity index (χ2v) is 16.1. The lowest BCUT2D eigenvalue weighted by molar-refractivity contribution is -0.167. The summed E-state index contributed by atoms with van der Waals surface area (Å²) in [6, 6.07) is 0. The first-order valence-electron chi connectivity index (χ1n) is 24.4. The fraction of sp³-hybridized carbons (Fsp3) is 0.750. The van der Waals surface area contributed by atoms with Crippen molar-refractivity contribution in [3.63, 3.8) is 0 Å². The number of carbonyl (C=O) groups excluding carboxylic acids is 3. The minimum Gasteiger partial charge on any atom is -0.462 e. The van der Waals surface area contributed by atoms with Crippen molar-refractivity contribution in [2.24, 2.45) is 0 Å². The number of hydrogen-bond donors (Lipinski definition) is 0. The molecule has 0 aliphatic carbocycles. The molecule has 0 aromatic rings. The van der Waals surface area contributed by atoms with Gasteiger partial charge < -0.3 is 14.2 Å². The average Bonchev–Trinajstić information content (AvgIpc) is 3.22. The van der Waals surface area contributed by atoms with Gasteiger partial charge >= 0.3 is 17.9 Å². The summed E-state index contributed by atoms with van der Waals surface area (Å²) in [5.74, 6) is -0.971. The van der Waals surface area contributed by atoms with Crippen LogP contribution >= 0.6 is 0 Å². The fourth-order valence-corrected chi connectivity index (χ4v) is 6.77. The van der Waals surface area contributed by atoms with Gasteiger partial charge in [-0.3, -0.25) is 14.4 Å². The molecule has 1 atom stereocenters. The maximum Gasteiger partial charge on any atom is 0.306 e. The minimum atomic E-state index is -0.805. The van der Waals surface area contributed by atoms with Crippen molar-refractivity contribution in [2.45, 2.75) is 239 Å². The van der Waals surface area contributed by atoms with Crippen LogP contribution in [-0.2, 0) is 28.6 Å². The molecular formula is C52H90O6. The second-order valence-electron chi connectivity index (χ2n) is 16.1. The third-order valence-electron chi connectivity index (χ3n) is 10.4. The molecule has 0 N–H and O–H groups in total. The van der Waals surface area contributed by atoms with E-state index in [2.05, 4.69) is 26.8 Å². The van der Waals surface area contributed by atoms with E-state index >= 15 is 0 Å². The van der Waals surface area contributed by atoms with Crippen LogP contribution in [0.2, 0.25) is 0 Å². The van der Waals surface area contributed by atoms with Gasteiger partial charge in [-0.1, -0.05) is 242 Å². The Kier molecular flexibility index (Phi) is 44.5. The first-order chi connectivity index (χ1) is 28.5. The normalized spacial score (nSPS) is 12.5. The van der Waals surface area contributed by atoms with Crippen molar-refractivity contribution in [1.29, 1.82) is 0 Å². The third kappa shape index (κ3) is 44.2. The molecule has 0 amide bonds. The summed E-state index contributed by atoms with van der Waals surface area (Å²) in [5, 5.41) is 0. The van der Waals surface area contributed by atoms with Gasteiger partial charge in [0.05, 0.1) is 0 Å². The average molecular weight is 811 g/mol. The Morgan fingerprint density at radius 1 is 0.362 bits per heavy atom. The van der Waals surface area contributed by atoms with E-state index < -0.39 is 6.10 Å². The van der Waals surface area contributed by atoms with Gasteiger partial charge in [0.25, 0.3) is 0 Å². The largest absolute Gasteiger partial charge is 0.462 e. The lowest BCUT2D eigenvalue weighted by atomic mass is 10.0. The minimum absolute atomic E-state index is 0.0997. The summed E-state index contributed by atoms with van der Waals surface area (Å²) in [6.45, 7) is 6.43. The van der Waals surface area contributed by atoms with Crippen LogP contribution in [0.4, 0.5) is 0 Å². The van der Waals surface area contributed by atoms with E-state index in [1.807, 2.05) is 54.7 Å². The summed E-state index contributed by atoms with van der Waals surface area (Å²) < 4.78 is 16.7. The van der Waals surface area contributed by atoms with Gasteiger partial charge in [0, 0.05) is 19.3 Å². The third-order valence-corrected chi connectivity index (χ3v) is 10.4. The van der Waals surface area contributed by atoms with Gasteiger partial charge in [-0.15, -0.1) is 0 Å². The van der Waals surface area contributed by atoms with Crippen LogP contribution in [0.15, 0.2) is 60.8 Å². The molecule has 334 valence electrons. The molecule has 0 fully saturated rings. The van der Waals surface area contributed by atoms with Crippen LogP contribution < -0.4 is 0 Å². The number of ether oxygens (including phenoxy) is 3. The molecule has 0 saturated carbocycles. The summed E-state index contributed by atoms with van der Waals surface area (Å²) in [7, 11) is 0. The van der Waals surface area contributed by atoms with Gasteiger partial charge in [-0.2, -0.15) is 0 Å². The molecule has 0 aromatic carbocycles. The molecule has 0 heterocycles. The lowest BCUT2D eigenvalue weighted by Crippen LogP contribution is -2.30. The molecule has 6 heteroatoms. The summed E-state index contributed by atoms with van der Waals surface area (Å²) in [5.41, 5.74) is 0. The quantitative estimate of drug-likeness (QED) is 0.0264. The SMILES string of the molecule is CC\C=C/C=C\C=C/C=C\C=C/CCCC(=O)OC(COC(=O)CCCCCCCCCCCCCC)COC(=O)CCCCCCCCCCCCCCCCC. The molecular weight excluding hydrogens is 721 g/mol. The van der Waals surface area contributed by atoms with Crippen LogP contribution in [0.3, 0.4) is 0 Å². The highest BCUT2D eigenvalue weighted by molar-refractivity contribution is 5.71. The number of esters is 3. The van der Waals surface area contributed by atoms with Crippen LogP contribution in [0, 0.1) is 0 Å². The Bertz CT molecular complexity index is 1070. The summed E-state index contributed by atoms with van der Waals surface area (Å²) in [4.78, 5) is 37.8. The Hall–Kier alpha value is -2.89. The van der Waals surface area contributed by atoms with Gasteiger partial charge in [-0.05, 0) is 32.1 Å². The monoisotopic (exact) mass is 811 g/mol. The van der Waals surface area contributed by atoms with E-state index in [-0.39, 0.29) is 37.5 Å². The number of carbonyl (C=O) groups is 3. The van der Waals surface area contributed by atoms with Crippen LogP contribution in [-0.4, -0.2) is 37.2 Å². The Balaban J connectivity index is 4.45. The fourth-order valence-electron chi connectivity index (χ4n) is 6.77. The molecule has 0 aliphatic heterocycles. The molecule has 1 unspecified atom stereocenters. The van der Waals surface area contributed by atoms with Crippen molar-refractivity contribution in [1.82, 2.24) is 0 Å². The first kappa shape index (κ1) is 55.1. The van der Waals surface area contributed by atoms with Crippen molar-refractivity contribution >= 4 is 17.9 Å². The molecule has 0 aromatic heterocycles. The van der Waals surface area contributed by atoms with Crippen LogP contribution in [0.5, 0.6) is 0 Å². The smallest absolute Gasteiger partial charge is 0.306 e. The molecule has 58 heavy (non-hydrogen) atoms. The molecule has 0 bridgehead atoms. The molecule has 0 aliphatic rings. The Labute approximate surface area is 358 Å². The van der Waals surface area contributed by atoms with Gasteiger partial charge in [0.15, 0.2) is 6.10 Å². The summed E-state index contributed by atoms with van der Waals surface area (Å²) in [6.07, 6.45) is 56.4. The highest BCUT2D eigenvalue weighted by Gasteiger charge is 2.19. The van der Waals surface area contributed by atoms with Crippen molar-refractivity contribution < 1.29 is 28.6 Å². The van der Waals surface area contributed by atoms with Crippen molar-refractivity contribution in [2.75, 3.05) is 13.2 Å². The number of rotatable bonds is 43. The van der Waals surface area contributed by atoms with E-state index in [4.69, 9.17) is 14.2 Å². The Morgan fingerprint density at radius 3 is 1.03 bits per heavy atom. The van der Waals surface area contributed by atoms with E-state index in [1.54, 1.807) is 0 Å². The molecule has 0 radical (unpaired) electrons. The predicted molar refractivity (Wildman–Crippen MR) is 247 cm³/mol. The highest BCUT2D eigenvalue weighted by Crippen LogP contribution is 2.15. The lowest BCUT2D eigenvalue weighted by Gasteiger charge is -2.18. The van der Waals surface area contributed by atoms with E-state index in [9.17, 15) is 14.4 Å². The zero-order valence-electron chi connectivity index (χ0n) is 38.0. The molecule has 6 nitrogen and oxygen atoms in total. The zero-order valence-corrected chi connectivity index (χ0v) is 38.0. The van der Waals surface area contributed by atoms with Gasteiger partial charge in [0.2, 0.25) is 0 Å². The molecule has 0 spiro atoms. The molecule has 0 saturated heterocycles. The van der Waals surface area contributed by atoms with Gasteiger partial charge in [0.1, 0.15) is 13.2 Å². The van der Waals surface area contributed by atoms with Crippen LogP contribution in [0.25, 0.3) is 0 Å². The second kappa shape index (κ2) is 46.8. The van der Waals surface area contributed by atoms with Crippen molar-refractivity contribution in [3.8, 4) is 0 Å². The molecule has 0 rings (SSSR count). The van der Waals surface area contributed by atoms with Gasteiger partial charge in [-0.25, -0.2) is 0 Å². The zero-order chi connectivity index (χ0) is 42.3. The first-order valence-corrected chi connectivity index (χ1v) is 24.4. The maximum absolute atomic E-state index is 12.7. The number of unbranched alkanes of at least 4 members (excludes halogenated alkanes) is 26. The summed E-state index contributed by atoms with van der Waals surface area (Å²) >= 11 is 0. The Morgan fingerprint density at radius 2 is 0.672 bits per heavy atom.